The molecule has 0 saturated heterocycles. The van der Waals surface area contributed by atoms with Crippen LogP contribution in [0.2, 0.25) is 0 Å². The van der Waals surface area contributed by atoms with Crippen molar-refractivity contribution in [2.24, 2.45) is 5.92 Å². The number of allylic oxidation sites excluding steroid dienone is 3. The molecule has 0 bridgehead atoms. The smallest absolute Gasteiger partial charge is 0.0559 e. The van der Waals surface area contributed by atoms with Crippen molar-refractivity contribution in [3.8, 4) is 27.9 Å². The molecule has 2 atom stereocenters. The van der Waals surface area contributed by atoms with Crippen LogP contribution in [0.5, 0.6) is 0 Å². The first-order chi connectivity index (χ1) is 23.5. The highest BCUT2D eigenvalue weighted by Crippen LogP contribution is 2.51. The van der Waals surface area contributed by atoms with Gasteiger partial charge >= 0.3 is 0 Å². The van der Waals surface area contributed by atoms with Crippen molar-refractivity contribution < 1.29 is 0 Å². The molecule has 2 unspecified atom stereocenters. The maximum Gasteiger partial charge on any atom is 0.0559 e. The van der Waals surface area contributed by atoms with Crippen LogP contribution >= 0.6 is 0 Å². The van der Waals surface area contributed by atoms with Crippen LogP contribution in [0.1, 0.15) is 49.6 Å². The molecule has 0 N–H and O–H groups in total. The van der Waals surface area contributed by atoms with Crippen molar-refractivity contribution in [1.82, 2.24) is 4.57 Å². The summed E-state index contributed by atoms with van der Waals surface area (Å²) in [7, 11) is 0. The van der Waals surface area contributed by atoms with Crippen molar-refractivity contribution in [3.63, 3.8) is 0 Å². The Hall–Kier alpha value is -5.34. The van der Waals surface area contributed by atoms with Gasteiger partial charge in [-0.05, 0) is 106 Å². The molecule has 0 aliphatic heterocycles. The zero-order valence-electron chi connectivity index (χ0n) is 27.9. The summed E-state index contributed by atoms with van der Waals surface area (Å²) in [4.78, 5) is 2.52. The highest BCUT2D eigenvalue weighted by molar-refractivity contribution is 5.92. The number of hydrogen-bond donors (Lipinski definition) is 0. The van der Waals surface area contributed by atoms with Crippen LogP contribution in [0.15, 0.2) is 146 Å². The van der Waals surface area contributed by atoms with E-state index in [0.29, 0.717) is 5.92 Å². The number of rotatable bonds is 5. The van der Waals surface area contributed by atoms with Gasteiger partial charge < -0.3 is 9.47 Å². The predicted molar refractivity (Wildman–Crippen MR) is 203 cm³/mol. The molecule has 0 spiro atoms. The fourth-order valence-corrected chi connectivity index (χ4v) is 8.38. The topological polar surface area (TPSA) is 8.17 Å². The SMILES string of the molecule is CC1C=Cc2c(c3ccccc3n2-c2ccc3c(c2)C(C)(C)c2cc(N(c4ccc(-c5ccccc5)cc4)C4C=CC=CC4)ccc2-3)C1. The number of anilines is 2. The minimum absolute atomic E-state index is 0.144. The van der Waals surface area contributed by atoms with Gasteiger partial charge in [0, 0.05) is 33.6 Å². The van der Waals surface area contributed by atoms with Gasteiger partial charge in [-0.2, -0.15) is 0 Å². The fourth-order valence-electron chi connectivity index (χ4n) is 8.38. The van der Waals surface area contributed by atoms with E-state index in [1.165, 1.54) is 72.6 Å². The van der Waals surface area contributed by atoms with E-state index in [1.54, 1.807) is 0 Å². The highest BCUT2D eigenvalue weighted by Gasteiger charge is 2.37. The van der Waals surface area contributed by atoms with Crippen LogP contribution in [0.25, 0.3) is 44.9 Å². The number of hydrogen-bond acceptors (Lipinski definition) is 1. The Balaban J connectivity index is 1.13. The first-order valence-electron chi connectivity index (χ1n) is 17.4. The van der Waals surface area contributed by atoms with Gasteiger partial charge in [-0.1, -0.05) is 124 Å². The molecule has 2 heteroatoms. The fraction of sp³-hybridized carbons (Fsp3) is 0.174. The Morgan fingerprint density at radius 3 is 2.19 bits per heavy atom. The lowest BCUT2D eigenvalue weighted by molar-refractivity contribution is 0.659. The summed E-state index contributed by atoms with van der Waals surface area (Å²) in [5, 5.41) is 1.37. The van der Waals surface area contributed by atoms with Crippen molar-refractivity contribution in [2.45, 2.75) is 45.1 Å². The summed E-state index contributed by atoms with van der Waals surface area (Å²) in [5.41, 5.74) is 15.6. The molecule has 0 amide bonds. The lowest BCUT2D eigenvalue weighted by Gasteiger charge is -2.34. The Kier molecular flexibility index (Phi) is 6.69. The maximum atomic E-state index is 2.52. The molecular weight excluding hydrogens is 581 g/mol. The van der Waals surface area contributed by atoms with Gasteiger partial charge in [-0.3, -0.25) is 0 Å². The van der Waals surface area contributed by atoms with E-state index in [2.05, 4.69) is 182 Å². The van der Waals surface area contributed by atoms with E-state index in [0.717, 1.165) is 12.8 Å². The van der Waals surface area contributed by atoms with Crippen molar-refractivity contribution in [3.05, 3.63) is 168 Å². The van der Waals surface area contributed by atoms with E-state index in [4.69, 9.17) is 0 Å². The standard InChI is InChI=1S/C46H40N2/c1-31-18-27-45-41(28-31)40-16-10-11-17-44(40)48(45)37-24-26-39-38-25-23-36(29-42(38)46(2,3)43(39)30-37)47(34-14-8-5-9-15-34)35-21-19-33(20-22-35)32-12-6-4-7-13-32/h4-14,16-27,29-31,34H,15,28H2,1-3H3. The van der Waals surface area contributed by atoms with Gasteiger partial charge in [0.05, 0.1) is 11.6 Å². The van der Waals surface area contributed by atoms with Crippen LogP contribution in [-0.2, 0) is 11.8 Å². The normalized spacial score (nSPS) is 18.5. The van der Waals surface area contributed by atoms with Crippen molar-refractivity contribution in [2.75, 3.05) is 4.90 Å². The second kappa shape index (κ2) is 11.1. The van der Waals surface area contributed by atoms with Gasteiger partial charge in [-0.25, -0.2) is 0 Å². The van der Waals surface area contributed by atoms with Crippen molar-refractivity contribution >= 4 is 28.4 Å². The Bertz CT molecular complexity index is 2280. The van der Waals surface area contributed by atoms with Crippen LogP contribution in [0.4, 0.5) is 11.4 Å². The van der Waals surface area contributed by atoms with Gasteiger partial charge in [0.2, 0.25) is 0 Å². The van der Waals surface area contributed by atoms with Gasteiger partial charge in [-0.15, -0.1) is 0 Å². The zero-order chi connectivity index (χ0) is 32.4. The summed E-state index contributed by atoms with van der Waals surface area (Å²) in [5.74, 6) is 0.556. The lowest BCUT2D eigenvalue weighted by atomic mass is 9.82. The molecule has 1 heterocycles. The monoisotopic (exact) mass is 620 g/mol. The minimum Gasteiger partial charge on any atom is -0.334 e. The maximum absolute atomic E-state index is 2.52. The zero-order valence-corrected chi connectivity index (χ0v) is 27.9. The van der Waals surface area contributed by atoms with Crippen LogP contribution in [-0.4, -0.2) is 10.6 Å². The second-order valence-electron chi connectivity index (χ2n) is 14.2. The summed E-state index contributed by atoms with van der Waals surface area (Å²) < 4.78 is 2.49. The first kappa shape index (κ1) is 28.8. The minimum atomic E-state index is -0.144. The third-order valence-electron chi connectivity index (χ3n) is 10.9. The molecule has 3 aliphatic rings. The third kappa shape index (κ3) is 4.54. The largest absolute Gasteiger partial charge is 0.334 e. The third-order valence-corrected chi connectivity index (χ3v) is 10.9. The predicted octanol–water partition coefficient (Wildman–Crippen LogP) is 11.8. The molecule has 9 rings (SSSR count). The van der Waals surface area contributed by atoms with Gasteiger partial charge in [0.25, 0.3) is 0 Å². The highest BCUT2D eigenvalue weighted by atomic mass is 15.2. The molecule has 0 fully saturated rings. The number of nitrogens with zero attached hydrogens (tertiary/aromatic N) is 2. The van der Waals surface area contributed by atoms with Crippen molar-refractivity contribution in [1.29, 1.82) is 0 Å². The molecule has 6 aromatic rings. The number of para-hydroxylation sites is 1. The second-order valence-corrected chi connectivity index (χ2v) is 14.2. The molecule has 234 valence electrons. The van der Waals surface area contributed by atoms with Gasteiger partial charge in [0.1, 0.15) is 0 Å². The first-order valence-corrected chi connectivity index (χ1v) is 17.4. The lowest BCUT2D eigenvalue weighted by Crippen LogP contribution is -2.30. The average molecular weight is 621 g/mol. The van der Waals surface area contributed by atoms with E-state index >= 15 is 0 Å². The number of benzene rings is 5. The van der Waals surface area contributed by atoms with E-state index in [-0.39, 0.29) is 11.5 Å². The number of aromatic nitrogens is 1. The summed E-state index contributed by atoms with van der Waals surface area (Å²) >= 11 is 0. The molecule has 2 nitrogen and oxygen atoms in total. The quantitative estimate of drug-likeness (QED) is 0.186. The van der Waals surface area contributed by atoms with E-state index < -0.39 is 0 Å². The number of fused-ring (bicyclic) bond motifs is 6. The molecular formula is C46H40N2. The van der Waals surface area contributed by atoms with Gasteiger partial charge in [0.15, 0.2) is 0 Å². The molecule has 1 aromatic heterocycles. The molecule has 0 radical (unpaired) electrons. The molecule has 48 heavy (non-hydrogen) atoms. The molecule has 3 aliphatic carbocycles. The Morgan fingerprint density at radius 1 is 0.688 bits per heavy atom. The average Bonchev–Trinajstić information content (AvgIpc) is 3.57. The van der Waals surface area contributed by atoms with E-state index in [1.807, 2.05) is 0 Å². The van der Waals surface area contributed by atoms with Crippen LogP contribution in [0, 0.1) is 5.92 Å². The Morgan fingerprint density at radius 2 is 1.40 bits per heavy atom. The van der Waals surface area contributed by atoms with Crippen LogP contribution in [0.3, 0.4) is 0 Å². The summed E-state index contributed by atoms with van der Waals surface area (Å²) in [6.07, 6.45) is 15.7. The summed E-state index contributed by atoms with van der Waals surface area (Å²) in [6, 6.07) is 43.2. The van der Waals surface area contributed by atoms with E-state index in [9.17, 15) is 0 Å². The summed E-state index contributed by atoms with van der Waals surface area (Å²) in [6.45, 7) is 7.12. The molecule has 5 aromatic carbocycles. The molecule has 0 saturated carbocycles. The Labute approximate surface area is 284 Å². The van der Waals surface area contributed by atoms with Crippen LogP contribution < -0.4 is 4.90 Å².